The Kier molecular flexibility index (Phi) is 4.99. The first-order valence-corrected chi connectivity index (χ1v) is 7.06. The van der Waals surface area contributed by atoms with Crippen molar-refractivity contribution in [2.45, 2.75) is 44.6 Å². The van der Waals surface area contributed by atoms with Gasteiger partial charge in [0.05, 0.1) is 12.6 Å². The van der Waals surface area contributed by atoms with E-state index in [0.717, 1.165) is 51.7 Å². The molecule has 2 fully saturated rings. The van der Waals surface area contributed by atoms with E-state index in [1.807, 2.05) is 4.90 Å². The lowest BCUT2D eigenvalue weighted by Gasteiger charge is -2.27. The number of amides is 2. The van der Waals surface area contributed by atoms with Crippen molar-refractivity contribution < 1.29 is 9.59 Å². The van der Waals surface area contributed by atoms with E-state index in [1.54, 1.807) is 0 Å². The topological polar surface area (TPSA) is 61.4 Å². The molecule has 2 saturated heterocycles. The Labute approximate surface area is 108 Å². The van der Waals surface area contributed by atoms with Crippen LogP contribution in [0.5, 0.6) is 0 Å². The molecule has 2 aliphatic rings. The molecular formula is C13H23N3O2. The van der Waals surface area contributed by atoms with Gasteiger partial charge in [-0.2, -0.15) is 0 Å². The number of nitrogens with one attached hydrogen (secondary N) is 2. The lowest BCUT2D eigenvalue weighted by molar-refractivity contribution is -0.134. The first-order valence-electron chi connectivity index (χ1n) is 7.06. The summed E-state index contributed by atoms with van der Waals surface area (Å²) in [6.07, 6.45) is 6.49. The molecule has 0 unspecified atom stereocenters. The highest BCUT2D eigenvalue weighted by Crippen LogP contribution is 2.09. The molecular weight excluding hydrogens is 230 g/mol. The summed E-state index contributed by atoms with van der Waals surface area (Å²) in [4.78, 5) is 25.6. The number of carbonyl (C=O) groups is 2. The van der Waals surface area contributed by atoms with Crippen LogP contribution in [0, 0.1) is 0 Å². The van der Waals surface area contributed by atoms with E-state index in [-0.39, 0.29) is 24.4 Å². The molecule has 0 radical (unpaired) electrons. The van der Waals surface area contributed by atoms with Crippen LogP contribution in [0.15, 0.2) is 0 Å². The van der Waals surface area contributed by atoms with Gasteiger partial charge in [0, 0.05) is 13.1 Å². The molecule has 102 valence electrons. The number of nitrogens with zero attached hydrogens (tertiary/aromatic N) is 1. The number of hydrogen-bond acceptors (Lipinski definition) is 3. The minimum absolute atomic E-state index is 0.0277. The number of carbonyl (C=O) groups excluding carboxylic acids is 2. The van der Waals surface area contributed by atoms with Crippen LogP contribution < -0.4 is 10.6 Å². The average molecular weight is 253 g/mol. The standard InChI is InChI=1S/C13H23N3O2/c17-12(16-8-4-1-5-9-16)10-15-13(18)11-6-2-3-7-14-11/h11,14H,1-10H2,(H,15,18)/t11-/m1/s1. The molecule has 0 aliphatic carbocycles. The number of hydrogen-bond donors (Lipinski definition) is 2. The summed E-state index contributed by atoms with van der Waals surface area (Å²) < 4.78 is 0. The Balaban J connectivity index is 1.69. The van der Waals surface area contributed by atoms with Gasteiger partial charge in [-0.15, -0.1) is 0 Å². The van der Waals surface area contributed by atoms with Crippen molar-refractivity contribution in [2.75, 3.05) is 26.2 Å². The third-order valence-corrected chi connectivity index (χ3v) is 3.75. The lowest BCUT2D eigenvalue weighted by atomic mass is 10.0. The predicted octanol–water partition coefficient (Wildman–Crippen LogP) is 0.257. The fourth-order valence-corrected chi connectivity index (χ4v) is 2.62. The summed E-state index contributed by atoms with van der Waals surface area (Å²) in [6, 6.07) is -0.104. The molecule has 1 atom stereocenters. The summed E-state index contributed by atoms with van der Waals surface area (Å²) in [5.41, 5.74) is 0. The van der Waals surface area contributed by atoms with E-state index < -0.39 is 0 Å². The molecule has 5 nitrogen and oxygen atoms in total. The Morgan fingerprint density at radius 1 is 1.11 bits per heavy atom. The van der Waals surface area contributed by atoms with E-state index in [1.165, 1.54) is 6.42 Å². The van der Waals surface area contributed by atoms with Crippen LogP contribution in [0.4, 0.5) is 0 Å². The SMILES string of the molecule is O=C(NCC(=O)N1CCCCC1)[C@H]1CCCCN1. The summed E-state index contributed by atoms with van der Waals surface area (Å²) in [6.45, 7) is 2.74. The minimum atomic E-state index is -0.104. The first kappa shape index (κ1) is 13.3. The third-order valence-electron chi connectivity index (χ3n) is 3.75. The summed E-state index contributed by atoms with van der Waals surface area (Å²) in [7, 11) is 0. The van der Waals surface area contributed by atoms with Crippen molar-refractivity contribution in [3.05, 3.63) is 0 Å². The van der Waals surface area contributed by atoms with Gasteiger partial charge >= 0.3 is 0 Å². The van der Waals surface area contributed by atoms with Gasteiger partial charge in [0.1, 0.15) is 0 Å². The first-order chi connectivity index (χ1) is 8.77. The summed E-state index contributed by atoms with van der Waals surface area (Å²) >= 11 is 0. The second kappa shape index (κ2) is 6.73. The maximum Gasteiger partial charge on any atom is 0.241 e. The number of likely N-dealkylation sites (tertiary alicyclic amines) is 1. The molecule has 0 aromatic heterocycles. The normalized spacial score (nSPS) is 24.7. The lowest BCUT2D eigenvalue weighted by Crippen LogP contribution is -2.50. The van der Waals surface area contributed by atoms with Crippen molar-refractivity contribution in [1.29, 1.82) is 0 Å². The monoisotopic (exact) mass is 253 g/mol. The molecule has 18 heavy (non-hydrogen) atoms. The van der Waals surface area contributed by atoms with Crippen molar-refractivity contribution >= 4 is 11.8 Å². The summed E-state index contributed by atoms with van der Waals surface area (Å²) in [5.74, 6) is 0.0268. The average Bonchev–Trinajstić information content (AvgIpc) is 2.46. The van der Waals surface area contributed by atoms with Crippen LogP contribution >= 0.6 is 0 Å². The van der Waals surface area contributed by atoms with Crippen LogP contribution in [0.25, 0.3) is 0 Å². The van der Waals surface area contributed by atoms with Gasteiger partial charge in [0.25, 0.3) is 0 Å². The zero-order valence-corrected chi connectivity index (χ0v) is 10.9. The highest BCUT2D eigenvalue weighted by Gasteiger charge is 2.22. The van der Waals surface area contributed by atoms with Gasteiger partial charge in [0.2, 0.25) is 11.8 Å². The molecule has 0 spiro atoms. The number of piperidine rings is 2. The van der Waals surface area contributed by atoms with E-state index in [2.05, 4.69) is 10.6 Å². The summed E-state index contributed by atoms with van der Waals surface area (Å²) in [5, 5.41) is 5.94. The van der Waals surface area contributed by atoms with E-state index in [4.69, 9.17) is 0 Å². The smallest absolute Gasteiger partial charge is 0.241 e. The molecule has 0 aromatic rings. The second-order valence-corrected chi connectivity index (χ2v) is 5.16. The molecule has 2 rings (SSSR count). The van der Waals surface area contributed by atoms with Crippen molar-refractivity contribution in [1.82, 2.24) is 15.5 Å². The third kappa shape index (κ3) is 3.70. The largest absolute Gasteiger partial charge is 0.346 e. The van der Waals surface area contributed by atoms with Crippen LogP contribution in [0.2, 0.25) is 0 Å². The van der Waals surface area contributed by atoms with E-state index in [0.29, 0.717) is 0 Å². The van der Waals surface area contributed by atoms with Crippen LogP contribution in [-0.4, -0.2) is 48.9 Å². The fraction of sp³-hybridized carbons (Fsp3) is 0.846. The Morgan fingerprint density at radius 3 is 2.56 bits per heavy atom. The molecule has 5 heteroatoms. The van der Waals surface area contributed by atoms with Gasteiger partial charge in [0.15, 0.2) is 0 Å². The van der Waals surface area contributed by atoms with Crippen LogP contribution in [0.1, 0.15) is 38.5 Å². The van der Waals surface area contributed by atoms with Crippen molar-refractivity contribution in [3.63, 3.8) is 0 Å². The Hall–Kier alpha value is -1.10. The van der Waals surface area contributed by atoms with Crippen molar-refractivity contribution in [3.8, 4) is 0 Å². The van der Waals surface area contributed by atoms with Gasteiger partial charge in [-0.1, -0.05) is 6.42 Å². The predicted molar refractivity (Wildman–Crippen MR) is 69.1 cm³/mol. The molecule has 0 bridgehead atoms. The number of rotatable bonds is 3. The molecule has 2 heterocycles. The minimum Gasteiger partial charge on any atom is -0.346 e. The van der Waals surface area contributed by atoms with Crippen LogP contribution in [-0.2, 0) is 9.59 Å². The Morgan fingerprint density at radius 2 is 1.89 bits per heavy atom. The fourth-order valence-electron chi connectivity index (χ4n) is 2.62. The van der Waals surface area contributed by atoms with E-state index in [9.17, 15) is 9.59 Å². The molecule has 2 N–H and O–H groups in total. The van der Waals surface area contributed by atoms with Gasteiger partial charge in [-0.3, -0.25) is 9.59 Å². The zero-order valence-electron chi connectivity index (χ0n) is 10.9. The zero-order chi connectivity index (χ0) is 12.8. The highest BCUT2D eigenvalue weighted by molar-refractivity contribution is 5.87. The molecule has 2 aliphatic heterocycles. The van der Waals surface area contributed by atoms with E-state index >= 15 is 0 Å². The Bertz CT molecular complexity index is 265. The molecule has 2 amide bonds. The molecule has 0 saturated carbocycles. The van der Waals surface area contributed by atoms with Crippen LogP contribution in [0.3, 0.4) is 0 Å². The van der Waals surface area contributed by atoms with Gasteiger partial charge in [-0.25, -0.2) is 0 Å². The van der Waals surface area contributed by atoms with Crippen molar-refractivity contribution in [2.24, 2.45) is 0 Å². The van der Waals surface area contributed by atoms with Gasteiger partial charge in [-0.05, 0) is 38.6 Å². The molecule has 0 aromatic carbocycles. The maximum absolute atomic E-state index is 11.9. The van der Waals surface area contributed by atoms with Gasteiger partial charge < -0.3 is 15.5 Å². The quantitative estimate of drug-likeness (QED) is 0.758. The highest BCUT2D eigenvalue weighted by atomic mass is 16.2. The second-order valence-electron chi connectivity index (χ2n) is 5.16. The maximum atomic E-state index is 11.9.